The molecule has 1 aromatic rings. The first-order valence-corrected chi connectivity index (χ1v) is 7.43. The number of aromatic nitrogens is 1. The summed E-state index contributed by atoms with van der Waals surface area (Å²) in [6.45, 7) is 11.5. The molecule has 1 aromatic heterocycles. The summed E-state index contributed by atoms with van der Waals surface area (Å²) in [5.74, 6) is 0. The van der Waals surface area contributed by atoms with E-state index in [2.05, 4.69) is 41.7 Å². The third-order valence-electron chi connectivity index (χ3n) is 3.63. The van der Waals surface area contributed by atoms with E-state index in [1.807, 2.05) is 19.2 Å². The fraction of sp³-hybridized carbons (Fsp3) is 0.625. The number of nitrogens with zero attached hydrogens (tertiary/aromatic N) is 4. The molecule has 0 saturated heterocycles. The minimum absolute atomic E-state index is 0.710. The number of pyridine rings is 1. The Morgan fingerprint density at radius 1 is 1.20 bits per heavy atom. The van der Waals surface area contributed by atoms with Gasteiger partial charge >= 0.3 is 0 Å². The molecule has 0 unspecified atom stereocenters. The second kappa shape index (κ2) is 8.68. The van der Waals surface area contributed by atoms with Gasteiger partial charge in [-0.25, -0.2) is 0 Å². The zero-order valence-electron chi connectivity index (χ0n) is 13.2. The fourth-order valence-electron chi connectivity index (χ4n) is 2.24. The Hall–Kier alpha value is -1.44. The van der Waals surface area contributed by atoms with Gasteiger partial charge in [-0.05, 0) is 38.2 Å². The van der Waals surface area contributed by atoms with Crippen LogP contribution in [0.3, 0.4) is 0 Å². The van der Waals surface area contributed by atoms with E-state index in [9.17, 15) is 0 Å². The van der Waals surface area contributed by atoms with Crippen molar-refractivity contribution in [1.29, 1.82) is 5.26 Å². The Bertz CT molecular complexity index is 446. The second-order valence-electron chi connectivity index (χ2n) is 5.07. The van der Waals surface area contributed by atoms with Crippen LogP contribution >= 0.6 is 0 Å². The molecule has 0 N–H and O–H groups in total. The van der Waals surface area contributed by atoms with E-state index in [1.54, 1.807) is 0 Å². The Kier molecular flexibility index (Phi) is 7.21. The van der Waals surface area contributed by atoms with E-state index in [1.165, 1.54) is 0 Å². The zero-order chi connectivity index (χ0) is 15.0. The molecule has 0 aromatic carbocycles. The van der Waals surface area contributed by atoms with Crippen molar-refractivity contribution in [3.05, 3.63) is 29.1 Å². The van der Waals surface area contributed by atoms with Crippen molar-refractivity contribution in [2.75, 3.05) is 33.2 Å². The molecule has 110 valence electrons. The highest BCUT2D eigenvalue weighted by Crippen LogP contribution is 2.10. The highest BCUT2D eigenvalue weighted by atomic mass is 15.2. The zero-order valence-corrected chi connectivity index (χ0v) is 13.2. The average molecular weight is 274 g/mol. The molecule has 0 fully saturated rings. The first-order chi connectivity index (χ1) is 9.64. The van der Waals surface area contributed by atoms with Crippen LogP contribution in [0.15, 0.2) is 12.3 Å². The topological polar surface area (TPSA) is 43.2 Å². The lowest BCUT2D eigenvalue weighted by Gasteiger charge is -2.23. The summed E-state index contributed by atoms with van der Waals surface area (Å²) in [6.07, 6.45) is 2.70. The van der Waals surface area contributed by atoms with Gasteiger partial charge in [0, 0.05) is 25.8 Å². The third kappa shape index (κ3) is 4.92. The van der Waals surface area contributed by atoms with E-state index >= 15 is 0 Å². The SMILES string of the molecule is CCc1ncc(CN(C)CCN(CC)CC)cc1C#N. The van der Waals surface area contributed by atoms with Gasteiger partial charge in [-0.1, -0.05) is 20.8 Å². The maximum Gasteiger partial charge on any atom is 0.101 e. The average Bonchev–Trinajstić information content (AvgIpc) is 2.48. The van der Waals surface area contributed by atoms with Crippen molar-refractivity contribution in [3.8, 4) is 6.07 Å². The molecule has 0 bridgehead atoms. The van der Waals surface area contributed by atoms with Crippen molar-refractivity contribution in [1.82, 2.24) is 14.8 Å². The van der Waals surface area contributed by atoms with Gasteiger partial charge in [-0.15, -0.1) is 0 Å². The first-order valence-electron chi connectivity index (χ1n) is 7.43. The number of likely N-dealkylation sites (N-methyl/N-ethyl adjacent to an activating group) is 2. The molecular weight excluding hydrogens is 248 g/mol. The second-order valence-corrected chi connectivity index (χ2v) is 5.07. The van der Waals surface area contributed by atoms with E-state index < -0.39 is 0 Å². The predicted octanol–water partition coefficient (Wildman–Crippen LogP) is 2.29. The van der Waals surface area contributed by atoms with Crippen LogP contribution in [-0.4, -0.2) is 48.0 Å². The summed E-state index contributed by atoms with van der Waals surface area (Å²) in [7, 11) is 2.11. The van der Waals surface area contributed by atoms with Crippen LogP contribution in [0, 0.1) is 11.3 Å². The van der Waals surface area contributed by atoms with E-state index in [0.717, 1.165) is 50.4 Å². The minimum atomic E-state index is 0.710. The van der Waals surface area contributed by atoms with Crippen LogP contribution in [-0.2, 0) is 13.0 Å². The molecule has 0 atom stereocenters. The van der Waals surface area contributed by atoms with Crippen molar-refractivity contribution in [3.63, 3.8) is 0 Å². The van der Waals surface area contributed by atoms with Crippen LogP contribution in [0.1, 0.15) is 37.6 Å². The molecule has 1 rings (SSSR count). The van der Waals surface area contributed by atoms with E-state index in [-0.39, 0.29) is 0 Å². The van der Waals surface area contributed by atoms with Crippen molar-refractivity contribution < 1.29 is 0 Å². The maximum atomic E-state index is 9.14. The summed E-state index contributed by atoms with van der Waals surface area (Å²) >= 11 is 0. The number of hydrogen-bond donors (Lipinski definition) is 0. The highest BCUT2D eigenvalue weighted by molar-refractivity contribution is 5.35. The molecule has 4 nitrogen and oxygen atoms in total. The molecule has 0 aliphatic heterocycles. The Morgan fingerprint density at radius 2 is 1.90 bits per heavy atom. The van der Waals surface area contributed by atoms with Gasteiger partial charge in [0.15, 0.2) is 0 Å². The summed E-state index contributed by atoms with van der Waals surface area (Å²) in [5.41, 5.74) is 2.71. The fourth-order valence-corrected chi connectivity index (χ4v) is 2.24. The summed E-state index contributed by atoms with van der Waals surface area (Å²) in [6, 6.07) is 4.21. The molecule has 20 heavy (non-hydrogen) atoms. The van der Waals surface area contributed by atoms with Crippen LogP contribution in [0.2, 0.25) is 0 Å². The normalized spacial score (nSPS) is 11.1. The van der Waals surface area contributed by atoms with Gasteiger partial charge < -0.3 is 9.80 Å². The van der Waals surface area contributed by atoms with Crippen LogP contribution < -0.4 is 0 Å². The van der Waals surface area contributed by atoms with E-state index in [4.69, 9.17) is 5.26 Å². The van der Waals surface area contributed by atoms with Crippen LogP contribution in [0.4, 0.5) is 0 Å². The number of aryl methyl sites for hydroxylation is 1. The quantitative estimate of drug-likeness (QED) is 0.729. The van der Waals surface area contributed by atoms with Gasteiger partial charge in [0.25, 0.3) is 0 Å². The van der Waals surface area contributed by atoms with Crippen molar-refractivity contribution in [2.24, 2.45) is 0 Å². The van der Waals surface area contributed by atoms with Gasteiger partial charge in [0.1, 0.15) is 6.07 Å². The number of rotatable bonds is 8. The van der Waals surface area contributed by atoms with Crippen LogP contribution in [0.25, 0.3) is 0 Å². The Labute approximate surface area is 123 Å². The molecule has 0 saturated carbocycles. The third-order valence-corrected chi connectivity index (χ3v) is 3.63. The van der Waals surface area contributed by atoms with Gasteiger partial charge in [-0.2, -0.15) is 5.26 Å². The lowest BCUT2D eigenvalue weighted by Crippen LogP contribution is -2.32. The summed E-state index contributed by atoms with van der Waals surface area (Å²) in [4.78, 5) is 9.08. The molecule has 1 heterocycles. The van der Waals surface area contributed by atoms with Gasteiger partial charge in [0.2, 0.25) is 0 Å². The van der Waals surface area contributed by atoms with Crippen LogP contribution in [0.5, 0.6) is 0 Å². The smallest absolute Gasteiger partial charge is 0.101 e. The predicted molar refractivity (Wildman–Crippen MR) is 82.5 cm³/mol. The molecule has 4 heteroatoms. The maximum absolute atomic E-state index is 9.14. The Balaban J connectivity index is 2.58. The van der Waals surface area contributed by atoms with Gasteiger partial charge in [0.05, 0.1) is 11.3 Å². The van der Waals surface area contributed by atoms with Crippen molar-refractivity contribution in [2.45, 2.75) is 33.7 Å². The molecule has 0 aliphatic rings. The molecule has 0 aliphatic carbocycles. The minimum Gasteiger partial charge on any atom is -0.303 e. The van der Waals surface area contributed by atoms with Crippen molar-refractivity contribution >= 4 is 0 Å². The Morgan fingerprint density at radius 3 is 2.45 bits per heavy atom. The lowest BCUT2D eigenvalue weighted by molar-refractivity contribution is 0.236. The number of hydrogen-bond acceptors (Lipinski definition) is 4. The summed E-state index contributed by atoms with van der Waals surface area (Å²) in [5, 5.41) is 9.14. The molecule has 0 radical (unpaired) electrons. The highest BCUT2D eigenvalue weighted by Gasteiger charge is 2.07. The lowest BCUT2D eigenvalue weighted by atomic mass is 10.1. The number of nitriles is 1. The molecular formula is C16H26N4. The van der Waals surface area contributed by atoms with Gasteiger partial charge in [-0.3, -0.25) is 4.98 Å². The first kappa shape index (κ1) is 16.6. The molecule has 0 spiro atoms. The summed E-state index contributed by atoms with van der Waals surface area (Å²) < 4.78 is 0. The van der Waals surface area contributed by atoms with E-state index in [0.29, 0.717) is 5.56 Å². The largest absolute Gasteiger partial charge is 0.303 e. The standard InChI is InChI=1S/C16H26N4/c1-5-16-15(11-17)10-14(12-18-16)13-19(4)8-9-20(6-2)7-3/h10,12H,5-9,13H2,1-4H3. The monoisotopic (exact) mass is 274 g/mol. The molecule has 0 amide bonds.